The third-order valence-corrected chi connectivity index (χ3v) is 3.08. The Bertz CT molecular complexity index is 474. The van der Waals surface area contributed by atoms with E-state index >= 15 is 0 Å². The van der Waals surface area contributed by atoms with E-state index < -0.39 is 0 Å². The Morgan fingerprint density at radius 2 is 2.26 bits per heavy atom. The molecule has 1 aliphatic heterocycles. The SMILES string of the molecule is CNc1cccc(C(=O)N2CC(C)OC(C)(C)C2)n1. The number of ether oxygens (including phenoxy) is 1. The number of hydrogen-bond donors (Lipinski definition) is 1. The molecular weight excluding hydrogens is 242 g/mol. The lowest BCUT2D eigenvalue weighted by Crippen LogP contribution is -2.53. The summed E-state index contributed by atoms with van der Waals surface area (Å²) < 4.78 is 5.81. The molecule has 1 N–H and O–H groups in total. The zero-order valence-electron chi connectivity index (χ0n) is 11.9. The first-order chi connectivity index (χ1) is 8.91. The fourth-order valence-corrected chi connectivity index (χ4v) is 2.46. The number of pyridine rings is 1. The van der Waals surface area contributed by atoms with Gasteiger partial charge in [-0.15, -0.1) is 0 Å². The van der Waals surface area contributed by atoms with Crippen molar-refractivity contribution in [1.82, 2.24) is 9.88 Å². The van der Waals surface area contributed by atoms with Gasteiger partial charge in [-0.25, -0.2) is 4.98 Å². The van der Waals surface area contributed by atoms with Crippen LogP contribution in [0.4, 0.5) is 5.82 Å². The van der Waals surface area contributed by atoms with Crippen molar-refractivity contribution in [1.29, 1.82) is 0 Å². The van der Waals surface area contributed by atoms with Gasteiger partial charge < -0.3 is 15.0 Å². The van der Waals surface area contributed by atoms with Crippen LogP contribution >= 0.6 is 0 Å². The standard InChI is InChI=1S/C14H21N3O2/c1-10-8-17(9-14(2,3)19-10)13(18)11-6-5-7-12(15-4)16-11/h5-7,10H,8-9H2,1-4H3,(H,15,16). The predicted octanol–water partition coefficient (Wildman–Crippen LogP) is 1.76. The summed E-state index contributed by atoms with van der Waals surface area (Å²) >= 11 is 0. The topological polar surface area (TPSA) is 54.5 Å². The quantitative estimate of drug-likeness (QED) is 0.883. The van der Waals surface area contributed by atoms with Gasteiger partial charge in [0.2, 0.25) is 0 Å². The second-order valence-electron chi connectivity index (χ2n) is 5.53. The van der Waals surface area contributed by atoms with Gasteiger partial charge in [0.1, 0.15) is 11.5 Å². The highest BCUT2D eigenvalue weighted by Crippen LogP contribution is 2.22. The van der Waals surface area contributed by atoms with Gasteiger partial charge >= 0.3 is 0 Å². The average Bonchev–Trinajstić information content (AvgIpc) is 2.35. The first kappa shape index (κ1) is 13.8. The van der Waals surface area contributed by atoms with Crippen molar-refractivity contribution in [3.05, 3.63) is 23.9 Å². The molecule has 1 aromatic heterocycles. The molecule has 1 fully saturated rings. The Morgan fingerprint density at radius 1 is 1.53 bits per heavy atom. The summed E-state index contributed by atoms with van der Waals surface area (Å²) in [5.41, 5.74) is 0.158. The molecule has 19 heavy (non-hydrogen) atoms. The zero-order valence-corrected chi connectivity index (χ0v) is 11.9. The first-order valence-corrected chi connectivity index (χ1v) is 6.53. The summed E-state index contributed by atoms with van der Waals surface area (Å²) in [4.78, 5) is 18.6. The summed E-state index contributed by atoms with van der Waals surface area (Å²) in [5, 5.41) is 2.94. The second-order valence-corrected chi connectivity index (χ2v) is 5.53. The molecule has 2 rings (SSSR count). The van der Waals surface area contributed by atoms with Gasteiger partial charge in [0, 0.05) is 20.1 Å². The minimum atomic E-state index is -0.312. The van der Waals surface area contributed by atoms with Crippen molar-refractivity contribution in [2.75, 3.05) is 25.5 Å². The van der Waals surface area contributed by atoms with Crippen molar-refractivity contribution >= 4 is 11.7 Å². The van der Waals surface area contributed by atoms with Crippen LogP contribution in [0.2, 0.25) is 0 Å². The lowest BCUT2D eigenvalue weighted by molar-refractivity contribution is -0.118. The average molecular weight is 263 g/mol. The van der Waals surface area contributed by atoms with Gasteiger partial charge in [-0.1, -0.05) is 6.07 Å². The van der Waals surface area contributed by atoms with E-state index in [4.69, 9.17) is 4.74 Å². The van der Waals surface area contributed by atoms with E-state index in [1.54, 1.807) is 13.1 Å². The number of amides is 1. The van der Waals surface area contributed by atoms with Crippen LogP contribution in [0.3, 0.4) is 0 Å². The molecule has 1 aliphatic rings. The third-order valence-electron chi connectivity index (χ3n) is 3.08. The highest BCUT2D eigenvalue weighted by Gasteiger charge is 2.34. The maximum Gasteiger partial charge on any atom is 0.272 e. The minimum absolute atomic E-state index is 0.0414. The molecule has 5 nitrogen and oxygen atoms in total. The molecule has 0 aliphatic carbocycles. The Kier molecular flexibility index (Phi) is 3.75. The van der Waals surface area contributed by atoms with E-state index in [1.807, 2.05) is 37.8 Å². The first-order valence-electron chi connectivity index (χ1n) is 6.53. The molecule has 1 aromatic rings. The van der Waals surface area contributed by atoms with E-state index in [-0.39, 0.29) is 17.6 Å². The van der Waals surface area contributed by atoms with Gasteiger partial charge in [-0.2, -0.15) is 0 Å². The van der Waals surface area contributed by atoms with E-state index in [2.05, 4.69) is 10.3 Å². The minimum Gasteiger partial charge on any atom is -0.373 e. The number of carbonyl (C=O) groups is 1. The highest BCUT2D eigenvalue weighted by molar-refractivity contribution is 5.92. The molecule has 0 radical (unpaired) electrons. The van der Waals surface area contributed by atoms with Crippen LogP contribution in [0.1, 0.15) is 31.3 Å². The fourth-order valence-electron chi connectivity index (χ4n) is 2.46. The monoisotopic (exact) mass is 263 g/mol. The number of nitrogens with one attached hydrogen (secondary N) is 1. The molecule has 0 spiro atoms. The number of hydrogen-bond acceptors (Lipinski definition) is 4. The molecule has 1 unspecified atom stereocenters. The summed E-state index contributed by atoms with van der Waals surface area (Å²) in [7, 11) is 1.79. The van der Waals surface area contributed by atoms with Crippen LogP contribution in [0, 0.1) is 0 Å². The summed E-state index contributed by atoms with van der Waals surface area (Å²) in [6.07, 6.45) is 0.0418. The van der Waals surface area contributed by atoms with Gasteiger partial charge in [0.05, 0.1) is 11.7 Å². The number of morpholine rings is 1. The molecule has 1 saturated heterocycles. The predicted molar refractivity (Wildman–Crippen MR) is 74.3 cm³/mol. The second kappa shape index (κ2) is 5.17. The molecule has 1 amide bonds. The lowest BCUT2D eigenvalue weighted by Gasteiger charge is -2.41. The van der Waals surface area contributed by atoms with Crippen molar-refractivity contribution in [3.8, 4) is 0 Å². The Balaban J connectivity index is 2.18. The van der Waals surface area contributed by atoms with Crippen molar-refractivity contribution in [2.24, 2.45) is 0 Å². The van der Waals surface area contributed by atoms with E-state index in [9.17, 15) is 4.79 Å². The van der Waals surface area contributed by atoms with Crippen LogP contribution in [0.25, 0.3) is 0 Å². The van der Waals surface area contributed by atoms with Gasteiger partial charge in [-0.05, 0) is 32.9 Å². The molecule has 0 aromatic carbocycles. The molecule has 2 heterocycles. The van der Waals surface area contributed by atoms with Crippen molar-refractivity contribution in [2.45, 2.75) is 32.5 Å². The molecule has 104 valence electrons. The Morgan fingerprint density at radius 3 is 2.89 bits per heavy atom. The van der Waals surface area contributed by atoms with E-state index in [0.29, 0.717) is 24.6 Å². The van der Waals surface area contributed by atoms with Crippen LogP contribution in [-0.4, -0.2) is 47.6 Å². The summed E-state index contributed by atoms with van der Waals surface area (Å²) in [5.74, 6) is 0.659. The largest absolute Gasteiger partial charge is 0.373 e. The number of rotatable bonds is 2. The third kappa shape index (κ3) is 3.23. The maximum atomic E-state index is 12.5. The summed E-state index contributed by atoms with van der Waals surface area (Å²) in [6.45, 7) is 7.18. The molecular formula is C14H21N3O2. The highest BCUT2D eigenvalue weighted by atomic mass is 16.5. The van der Waals surface area contributed by atoms with Crippen LogP contribution in [-0.2, 0) is 4.74 Å². The van der Waals surface area contributed by atoms with E-state index in [0.717, 1.165) is 0 Å². The van der Waals surface area contributed by atoms with Gasteiger partial charge in [0.25, 0.3) is 5.91 Å². The normalized spacial score (nSPS) is 22.1. The lowest BCUT2D eigenvalue weighted by atomic mass is 10.1. The van der Waals surface area contributed by atoms with Gasteiger partial charge in [-0.3, -0.25) is 4.79 Å². The number of aromatic nitrogens is 1. The Hall–Kier alpha value is -1.62. The van der Waals surface area contributed by atoms with Crippen molar-refractivity contribution < 1.29 is 9.53 Å². The molecule has 0 saturated carbocycles. The summed E-state index contributed by atoms with van der Waals surface area (Å²) in [6, 6.07) is 5.42. The van der Waals surface area contributed by atoms with Crippen molar-refractivity contribution in [3.63, 3.8) is 0 Å². The van der Waals surface area contributed by atoms with E-state index in [1.165, 1.54) is 0 Å². The molecule has 0 bridgehead atoms. The molecule has 1 atom stereocenters. The number of carbonyl (C=O) groups excluding carboxylic acids is 1. The van der Waals surface area contributed by atoms with Gasteiger partial charge in [0.15, 0.2) is 0 Å². The Labute approximate surface area is 114 Å². The zero-order chi connectivity index (χ0) is 14.0. The van der Waals surface area contributed by atoms with Crippen LogP contribution in [0.15, 0.2) is 18.2 Å². The number of nitrogens with zero attached hydrogens (tertiary/aromatic N) is 2. The molecule has 5 heteroatoms. The smallest absolute Gasteiger partial charge is 0.272 e. The fraction of sp³-hybridized carbons (Fsp3) is 0.571. The van der Waals surface area contributed by atoms with Crippen LogP contribution < -0.4 is 5.32 Å². The number of anilines is 1. The van der Waals surface area contributed by atoms with Crippen LogP contribution in [0.5, 0.6) is 0 Å². The maximum absolute atomic E-state index is 12.5.